The van der Waals surface area contributed by atoms with Gasteiger partial charge in [0.05, 0.1) is 12.2 Å². The van der Waals surface area contributed by atoms with Gasteiger partial charge < -0.3 is 14.7 Å². The van der Waals surface area contributed by atoms with E-state index in [2.05, 4.69) is 0 Å². The summed E-state index contributed by atoms with van der Waals surface area (Å²) in [7, 11) is 0. The number of aliphatic carboxylic acids is 1. The maximum absolute atomic E-state index is 12.7. The van der Waals surface area contributed by atoms with Crippen LogP contribution in [0.2, 0.25) is 0 Å². The molecule has 2 amide bonds. The third kappa shape index (κ3) is 2.94. The molecule has 21 heavy (non-hydrogen) atoms. The van der Waals surface area contributed by atoms with E-state index >= 15 is 0 Å². The molecule has 2 rings (SSSR count). The smallest absolute Gasteiger partial charge is 0.346 e. The average molecular weight is 292 g/mol. The van der Waals surface area contributed by atoms with Crippen molar-refractivity contribution in [2.45, 2.75) is 32.9 Å². The number of hydrogen-bond acceptors (Lipinski definition) is 3. The first kappa shape index (κ1) is 15.2. The predicted molar refractivity (Wildman–Crippen MR) is 78.8 cm³/mol. The minimum Gasteiger partial charge on any atom is -0.478 e. The number of ether oxygens (including phenoxy) is 1. The molecule has 1 aromatic carbocycles. The standard InChI is InChI=1S/C15H20N2O4/c1-4-16(10(2)3)15(20)17-9-13(14(18)19)21-12-8-6-5-7-11(12)17/h5-8,10,13H,4,9H2,1-3H3,(H,18,19). The second kappa shape index (κ2) is 6.03. The Morgan fingerprint density at radius 3 is 2.67 bits per heavy atom. The van der Waals surface area contributed by atoms with Gasteiger partial charge in [0.15, 0.2) is 0 Å². The predicted octanol–water partition coefficient (Wildman–Crippen LogP) is 2.19. The second-order valence-corrected chi connectivity index (χ2v) is 5.19. The summed E-state index contributed by atoms with van der Waals surface area (Å²) >= 11 is 0. The van der Waals surface area contributed by atoms with Crippen molar-refractivity contribution >= 4 is 17.7 Å². The van der Waals surface area contributed by atoms with Crippen LogP contribution in [0, 0.1) is 0 Å². The Hall–Kier alpha value is -2.24. The van der Waals surface area contributed by atoms with Crippen LogP contribution in [0.5, 0.6) is 5.75 Å². The zero-order valence-corrected chi connectivity index (χ0v) is 12.4. The molecule has 0 spiro atoms. The fraction of sp³-hybridized carbons (Fsp3) is 0.467. The highest BCUT2D eigenvalue weighted by Gasteiger charge is 2.35. The van der Waals surface area contributed by atoms with Crippen LogP contribution >= 0.6 is 0 Å². The molecule has 0 saturated heterocycles. The number of anilines is 1. The lowest BCUT2D eigenvalue weighted by Crippen LogP contribution is -2.53. The van der Waals surface area contributed by atoms with Gasteiger partial charge in [0.2, 0.25) is 6.10 Å². The molecular weight excluding hydrogens is 272 g/mol. The lowest BCUT2D eigenvalue weighted by molar-refractivity contribution is -0.144. The number of carboxylic acids is 1. The molecule has 0 radical (unpaired) electrons. The van der Waals surface area contributed by atoms with Gasteiger partial charge in [0.25, 0.3) is 0 Å². The van der Waals surface area contributed by atoms with Crippen LogP contribution in [-0.4, -0.2) is 47.2 Å². The quantitative estimate of drug-likeness (QED) is 0.927. The van der Waals surface area contributed by atoms with E-state index in [1.807, 2.05) is 20.8 Å². The Morgan fingerprint density at radius 1 is 1.43 bits per heavy atom. The number of urea groups is 1. The van der Waals surface area contributed by atoms with Crippen molar-refractivity contribution in [1.82, 2.24) is 4.90 Å². The summed E-state index contributed by atoms with van der Waals surface area (Å²) in [6.45, 7) is 6.34. The highest BCUT2D eigenvalue weighted by atomic mass is 16.5. The molecule has 0 aromatic heterocycles. The third-order valence-electron chi connectivity index (χ3n) is 3.49. The number of fused-ring (bicyclic) bond motifs is 1. The second-order valence-electron chi connectivity index (χ2n) is 5.19. The van der Waals surface area contributed by atoms with Crippen LogP contribution < -0.4 is 9.64 Å². The van der Waals surface area contributed by atoms with E-state index in [0.717, 1.165) is 0 Å². The molecular formula is C15H20N2O4. The molecule has 1 aromatic rings. The first-order chi connectivity index (χ1) is 9.95. The Bertz CT molecular complexity index is 544. The van der Waals surface area contributed by atoms with Crippen LogP contribution in [-0.2, 0) is 4.79 Å². The van der Waals surface area contributed by atoms with Gasteiger partial charge in [-0.1, -0.05) is 12.1 Å². The first-order valence-corrected chi connectivity index (χ1v) is 7.02. The molecule has 1 atom stereocenters. The summed E-state index contributed by atoms with van der Waals surface area (Å²) in [4.78, 5) is 27.1. The maximum atomic E-state index is 12.7. The van der Waals surface area contributed by atoms with E-state index in [1.165, 1.54) is 4.90 Å². The van der Waals surface area contributed by atoms with Crippen molar-refractivity contribution in [2.75, 3.05) is 18.0 Å². The van der Waals surface area contributed by atoms with Crippen molar-refractivity contribution in [3.8, 4) is 5.75 Å². The summed E-state index contributed by atoms with van der Waals surface area (Å²) in [6.07, 6.45) is -1.05. The monoisotopic (exact) mass is 292 g/mol. The summed E-state index contributed by atoms with van der Waals surface area (Å²) in [5.74, 6) is -0.654. The Balaban J connectivity index is 2.37. The van der Waals surface area contributed by atoms with Gasteiger partial charge in [-0.15, -0.1) is 0 Å². The lowest BCUT2D eigenvalue weighted by atomic mass is 10.2. The van der Waals surface area contributed by atoms with Gasteiger partial charge in [-0.3, -0.25) is 4.90 Å². The number of rotatable bonds is 3. The summed E-state index contributed by atoms with van der Waals surface area (Å²) in [5.41, 5.74) is 0.610. The normalized spacial score (nSPS) is 17.1. The average Bonchev–Trinajstić information content (AvgIpc) is 2.46. The molecule has 114 valence electrons. The van der Waals surface area contributed by atoms with Gasteiger partial charge in [-0.05, 0) is 32.9 Å². The van der Waals surface area contributed by atoms with E-state index in [4.69, 9.17) is 4.74 Å². The first-order valence-electron chi connectivity index (χ1n) is 7.02. The minimum absolute atomic E-state index is 0.00833. The van der Waals surface area contributed by atoms with Gasteiger partial charge in [-0.25, -0.2) is 9.59 Å². The van der Waals surface area contributed by atoms with E-state index in [-0.39, 0.29) is 18.6 Å². The summed E-state index contributed by atoms with van der Waals surface area (Å²) < 4.78 is 5.44. The van der Waals surface area contributed by atoms with Crippen molar-refractivity contribution in [2.24, 2.45) is 0 Å². The highest BCUT2D eigenvalue weighted by Crippen LogP contribution is 2.34. The van der Waals surface area contributed by atoms with Crippen LogP contribution in [0.1, 0.15) is 20.8 Å². The number of carbonyl (C=O) groups is 2. The molecule has 1 aliphatic heterocycles. The zero-order valence-electron chi connectivity index (χ0n) is 12.4. The Labute approximate surface area is 123 Å². The number of para-hydroxylation sites is 2. The molecule has 1 unspecified atom stereocenters. The van der Waals surface area contributed by atoms with Gasteiger partial charge in [0.1, 0.15) is 5.75 Å². The van der Waals surface area contributed by atoms with Crippen LogP contribution in [0.3, 0.4) is 0 Å². The molecule has 6 nitrogen and oxygen atoms in total. The zero-order chi connectivity index (χ0) is 15.6. The highest BCUT2D eigenvalue weighted by molar-refractivity contribution is 5.95. The molecule has 0 fully saturated rings. The number of carbonyl (C=O) groups excluding carboxylic acids is 1. The van der Waals surface area contributed by atoms with Gasteiger partial charge in [-0.2, -0.15) is 0 Å². The molecule has 0 aliphatic carbocycles. The molecule has 6 heteroatoms. The van der Waals surface area contributed by atoms with Crippen LogP contribution in [0.4, 0.5) is 10.5 Å². The van der Waals surface area contributed by atoms with Crippen molar-refractivity contribution in [1.29, 1.82) is 0 Å². The number of nitrogens with zero attached hydrogens (tertiary/aromatic N) is 2. The molecule has 0 bridgehead atoms. The molecule has 1 heterocycles. The lowest BCUT2D eigenvalue weighted by Gasteiger charge is -2.37. The topological polar surface area (TPSA) is 70.1 Å². The number of carboxylic acid groups (broad SMARTS) is 1. The van der Waals surface area contributed by atoms with Crippen molar-refractivity contribution in [3.63, 3.8) is 0 Å². The minimum atomic E-state index is -1.07. The van der Waals surface area contributed by atoms with E-state index in [0.29, 0.717) is 18.0 Å². The van der Waals surface area contributed by atoms with E-state index in [1.54, 1.807) is 29.2 Å². The SMILES string of the molecule is CCN(C(=O)N1CC(C(=O)O)Oc2ccccc21)C(C)C. The number of hydrogen-bond donors (Lipinski definition) is 1. The van der Waals surface area contributed by atoms with Crippen molar-refractivity contribution in [3.05, 3.63) is 24.3 Å². The molecule has 1 N–H and O–H groups in total. The van der Waals surface area contributed by atoms with Crippen molar-refractivity contribution < 1.29 is 19.4 Å². The summed E-state index contributed by atoms with van der Waals surface area (Å²) in [5, 5.41) is 9.19. The summed E-state index contributed by atoms with van der Waals surface area (Å²) in [6, 6.07) is 6.84. The Morgan fingerprint density at radius 2 is 2.10 bits per heavy atom. The fourth-order valence-electron chi connectivity index (χ4n) is 2.42. The van der Waals surface area contributed by atoms with Gasteiger partial charge in [0, 0.05) is 12.6 Å². The fourth-order valence-corrected chi connectivity index (χ4v) is 2.42. The van der Waals surface area contributed by atoms with E-state index < -0.39 is 12.1 Å². The van der Waals surface area contributed by atoms with Crippen LogP contribution in [0.25, 0.3) is 0 Å². The van der Waals surface area contributed by atoms with Crippen LogP contribution in [0.15, 0.2) is 24.3 Å². The number of benzene rings is 1. The number of amides is 2. The third-order valence-corrected chi connectivity index (χ3v) is 3.49. The Kier molecular flexibility index (Phi) is 4.35. The molecule has 1 aliphatic rings. The largest absolute Gasteiger partial charge is 0.478 e. The van der Waals surface area contributed by atoms with Gasteiger partial charge >= 0.3 is 12.0 Å². The maximum Gasteiger partial charge on any atom is 0.346 e. The van der Waals surface area contributed by atoms with E-state index in [9.17, 15) is 14.7 Å². The molecule has 0 saturated carbocycles.